The molecule has 1 amide bonds. The fourth-order valence-electron chi connectivity index (χ4n) is 3.05. The molecule has 6 heteroatoms. The number of nitrogens with one attached hydrogen (secondary N) is 1. The van der Waals surface area contributed by atoms with Crippen LogP contribution in [0, 0.1) is 17.8 Å². The summed E-state index contributed by atoms with van der Waals surface area (Å²) in [5.74, 6) is 0.495. The Morgan fingerprint density at radius 2 is 2.00 bits per heavy atom. The van der Waals surface area contributed by atoms with Gasteiger partial charge in [-0.2, -0.15) is 0 Å². The van der Waals surface area contributed by atoms with E-state index in [0.29, 0.717) is 17.8 Å². The Labute approximate surface area is 132 Å². The minimum absolute atomic E-state index is 0.0696. The molecular weight excluding hydrogens is 286 g/mol. The molecule has 6 nitrogen and oxygen atoms in total. The zero-order valence-electron chi connectivity index (χ0n) is 14.0. The summed E-state index contributed by atoms with van der Waals surface area (Å²) in [6, 6.07) is -1.03. The number of carbonyl (C=O) groups is 2. The molecule has 1 aliphatic rings. The van der Waals surface area contributed by atoms with E-state index in [1.807, 2.05) is 0 Å². The van der Waals surface area contributed by atoms with E-state index in [-0.39, 0.29) is 12.7 Å². The smallest absolute Gasteiger partial charge is 0.330 e. The molecule has 1 fully saturated rings. The fraction of sp³-hybridized carbons (Fsp3) is 0.875. The van der Waals surface area contributed by atoms with E-state index in [0.717, 1.165) is 12.8 Å². The number of hydrogen-bond donors (Lipinski definition) is 2. The second kappa shape index (κ2) is 9.10. The Morgan fingerprint density at radius 3 is 2.55 bits per heavy atom. The van der Waals surface area contributed by atoms with Crippen LogP contribution in [0.15, 0.2) is 0 Å². The van der Waals surface area contributed by atoms with Gasteiger partial charge in [0.2, 0.25) is 5.91 Å². The molecule has 0 heterocycles. The highest BCUT2D eigenvalue weighted by Crippen LogP contribution is 2.35. The van der Waals surface area contributed by atoms with Crippen molar-refractivity contribution in [3.05, 3.63) is 0 Å². The van der Waals surface area contributed by atoms with Gasteiger partial charge in [0.1, 0.15) is 6.61 Å². The van der Waals surface area contributed by atoms with Gasteiger partial charge in [0.05, 0.1) is 19.8 Å². The molecule has 1 rings (SSSR count). The first-order valence-corrected chi connectivity index (χ1v) is 7.98. The first-order chi connectivity index (χ1) is 10.4. The summed E-state index contributed by atoms with van der Waals surface area (Å²) in [4.78, 5) is 23.2. The van der Waals surface area contributed by atoms with Gasteiger partial charge < -0.3 is 19.9 Å². The lowest BCUT2D eigenvalue weighted by Gasteiger charge is -2.37. The third kappa shape index (κ3) is 5.57. The number of esters is 1. The van der Waals surface area contributed by atoms with Crippen molar-refractivity contribution in [2.45, 2.75) is 52.2 Å². The van der Waals surface area contributed by atoms with Gasteiger partial charge in [-0.15, -0.1) is 0 Å². The maximum Gasteiger partial charge on any atom is 0.330 e. The average molecular weight is 315 g/mol. The summed E-state index contributed by atoms with van der Waals surface area (Å²) in [6.45, 7) is 5.96. The van der Waals surface area contributed by atoms with Gasteiger partial charge >= 0.3 is 5.97 Å². The third-order valence-corrected chi connectivity index (χ3v) is 4.39. The zero-order chi connectivity index (χ0) is 16.7. The first kappa shape index (κ1) is 18.9. The maximum absolute atomic E-state index is 11.9. The molecule has 3 unspecified atom stereocenters. The number of amides is 1. The minimum atomic E-state index is -1.03. The number of aliphatic hydroxyl groups excluding tert-OH is 1. The molecule has 0 spiro atoms. The molecule has 0 aliphatic heterocycles. The first-order valence-electron chi connectivity index (χ1n) is 7.98. The van der Waals surface area contributed by atoms with Crippen molar-refractivity contribution >= 4 is 11.9 Å². The van der Waals surface area contributed by atoms with E-state index in [1.165, 1.54) is 13.5 Å². The van der Waals surface area contributed by atoms with E-state index in [2.05, 4.69) is 30.8 Å². The molecule has 0 bridgehead atoms. The van der Waals surface area contributed by atoms with Crippen molar-refractivity contribution in [3.63, 3.8) is 0 Å². The van der Waals surface area contributed by atoms with Gasteiger partial charge in [0, 0.05) is 0 Å². The lowest BCUT2D eigenvalue weighted by Crippen LogP contribution is -2.46. The van der Waals surface area contributed by atoms with Crippen molar-refractivity contribution in [2.75, 3.05) is 20.3 Å². The average Bonchev–Trinajstić information content (AvgIpc) is 2.49. The lowest BCUT2D eigenvalue weighted by molar-refractivity contribution is -0.147. The standard InChI is InChI=1S/C16H29NO5/c1-10(2)12-6-5-11(3)7-14(12)22-9-15(19)17-13(8-18)16(20)21-4/h10-14,18H,5-9H2,1-4H3,(H,17,19)/t11?,12?,13-,14?/m1/s1. The van der Waals surface area contributed by atoms with E-state index in [1.54, 1.807) is 0 Å². The SMILES string of the molecule is COC(=O)[C@@H](CO)NC(=O)COC1CC(C)CCC1C(C)C. The number of hydrogen-bond acceptors (Lipinski definition) is 5. The Morgan fingerprint density at radius 1 is 1.32 bits per heavy atom. The maximum atomic E-state index is 11.9. The van der Waals surface area contributed by atoms with E-state index in [4.69, 9.17) is 9.84 Å². The van der Waals surface area contributed by atoms with Crippen LogP contribution >= 0.6 is 0 Å². The van der Waals surface area contributed by atoms with Crippen LogP contribution in [0.3, 0.4) is 0 Å². The normalized spacial score (nSPS) is 26.5. The second-order valence-corrected chi connectivity index (χ2v) is 6.50. The van der Waals surface area contributed by atoms with Crippen LogP contribution in [0.4, 0.5) is 0 Å². The minimum Gasteiger partial charge on any atom is -0.467 e. The van der Waals surface area contributed by atoms with Crippen molar-refractivity contribution < 1.29 is 24.2 Å². The quantitative estimate of drug-likeness (QED) is 0.688. The number of rotatable bonds is 7. The highest BCUT2D eigenvalue weighted by Gasteiger charge is 2.32. The number of methoxy groups -OCH3 is 1. The number of carbonyl (C=O) groups excluding carboxylic acids is 2. The predicted molar refractivity (Wildman–Crippen MR) is 82.1 cm³/mol. The molecule has 22 heavy (non-hydrogen) atoms. The van der Waals surface area contributed by atoms with Crippen LogP contribution in [0.2, 0.25) is 0 Å². The molecule has 0 radical (unpaired) electrons. The summed E-state index contributed by atoms with van der Waals surface area (Å²) < 4.78 is 10.3. The highest BCUT2D eigenvalue weighted by atomic mass is 16.5. The molecule has 1 aliphatic carbocycles. The van der Waals surface area contributed by atoms with Gasteiger partial charge in [-0.25, -0.2) is 4.79 Å². The van der Waals surface area contributed by atoms with E-state index in [9.17, 15) is 9.59 Å². The summed E-state index contributed by atoms with van der Waals surface area (Å²) in [6.07, 6.45) is 3.34. The molecule has 4 atom stereocenters. The predicted octanol–water partition coefficient (Wildman–Crippen LogP) is 1.11. The van der Waals surface area contributed by atoms with E-state index < -0.39 is 24.5 Å². The highest BCUT2D eigenvalue weighted by molar-refractivity contribution is 5.85. The molecule has 2 N–H and O–H groups in total. The molecule has 0 aromatic rings. The Bertz CT molecular complexity index is 372. The van der Waals surface area contributed by atoms with Crippen LogP contribution in [-0.4, -0.2) is 49.5 Å². The monoisotopic (exact) mass is 315 g/mol. The zero-order valence-corrected chi connectivity index (χ0v) is 14.0. The van der Waals surface area contributed by atoms with Crippen molar-refractivity contribution in [1.82, 2.24) is 5.32 Å². The van der Waals surface area contributed by atoms with E-state index >= 15 is 0 Å². The molecule has 0 aromatic heterocycles. The summed E-state index contributed by atoms with van der Waals surface area (Å²) in [5.41, 5.74) is 0. The van der Waals surface area contributed by atoms with Gasteiger partial charge in [-0.1, -0.05) is 27.2 Å². The lowest BCUT2D eigenvalue weighted by atomic mass is 9.75. The molecular formula is C16H29NO5. The Balaban J connectivity index is 2.48. The van der Waals surface area contributed by atoms with Gasteiger partial charge in [0.25, 0.3) is 0 Å². The van der Waals surface area contributed by atoms with Crippen LogP contribution in [0.1, 0.15) is 40.0 Å². The second-order valence-electron chi connectivity index (χ2n) is 6.50. The van der Waals surface area contributed by atoms with Crippen molar-refractivity contribution in [3.8, 4) is 0 Å². The summed E-state index contributed by atoms with van der Waals surface area (Å²) >= 11 is 0. The third-order valence-electron chi connectivity index (χ3n) is 4.39. The largest absolute Gasteiger partial charge is 0.467 e. The van der Waals surface area contributed by atoms with Gasteiger partial charge in [0.15, 0.2) is 6.04 Å². The topological polar surface area (TPSA) is 84.9 Å². The molecule has 0 aromatic carbocycles. The molecule has 128 valence electrons. The van der Waals surface area contributed by atoms with Crippen LogP contribution in [-0.2, 0) is 19.1 Å². The fourth-order valence-corrected chi connectivity index (χ4v) is 3.05. The van der Waals surface area contributed by atoms with Crippen LogP contribution in [0.5, 0.6) is 0 Å². The summed E-state index contributed by atoms with van der Waals surface area (Å²) in [5, 5.41) is 11.5. The van der Waals surface area contributed by atoms with Crippen molar-refractivity contribution in [2.24, 2.45) is 17.8 Å². The molecule has 0 saturated heterocycles. The number of ether oxygens (including phenoxy) is 2. The summed E-state index contributed by atoms with van der Waals surface area (Å²) in [7, 11) is 1.21. The van der Waals surface area contributed by atoms with Crippen LogP contribution < -0.4 is 5.32 Å². The van der Waals surface area contributed by atoms with Gasteiger partial charge in [-0.05, 0) is 30.6 Å². The van der Waals surface area contributed by atoms with Crippen LogP contribution in [0.25, 0.3) is 0 Å². The molecule has 1 saturated carbocycles. The Hall–Kier alpha value is -1.14. The Kier molecular flexibility index (Phi) is 7.82. The number of aliphatic hydroxyl groups is 1. The van der Waals surface area contributed by atoms with Gasteiger partial charge in [-0.3, -0.25) is 4.79 Å². The van der Waals surface area contributed by atoms with Crippen molar-refractivity contribution in [1.29, 1.82) is 0 Å².